The molecule has 0 fully saturated rings. The lowest BCUT2D eigenvalue weighted by Crippen LogP contribution is -2.00. The number of hydrogen-bond acceptors (Lipinski definition) is 1. The van der Waals surface area contributed by atoms with E-state index in [1.165, 1.54) is 12.1 Å². The van der Waals surface area contributed by atoms with Gasteiger partial charge in [-0.3, -0.25) is 0 Å². The first kappa shape index (κ1) is 11.2. The van der Waals surface area contributed by atoms with Crippen LogP contribution in [0.4, 0.5) is 4.39 Å². The molecule has 0 saturated carbocycles. The minimum Gasteiger partial charge on any atom is -0.488 e. The van der Waals surface area contributed by atoms with Gasteiger partial charge in [0.2, 0.25) is 0 Å². The Bertz CT molecular complexity index is 336. The fourth-order valence-electron chi connectivity index (χ4n) is 0.870. The fraction of sp³-hybridized carbons (Fsp3) is 0.273. The van der Waals surface area contributed by atoms with Crippen molar-refractivity contribution in [2.24, 2.45) is 0 Å². The predicted octanol–water partition coefficient (Wildman–Crippen LogP) is 3.93. The van der Waals surface area contributed by atoms with Crippen molar-refractivity contribution in [3.8, 4) is 5.75 Å². The summed E-state index contributed by atoms with van der Waals surface area (Å²) in [5.41, 5.74) is 0.987. The molecule has 14 heavy (non-hydrogen) atoms. The Balaban J connectivity index is 2.66. The zero-order valence-electron chi connectivity index (χ0n) is 8.02. The third-order valence-corrected chi connectivity index (χ3v) is 2.48. The highest BCUT2D eigenvalue weighted by molar-refractivity contribution is 9.10. The van der Waals surface area contributed by atoms with Crippen molar-refractivity contribution in [1.29, 1.82) is 0 Å². The van der Waals surface area contributed by atoms with Gasteiger partial charge in [-0.25, -0.2) is 4.39 Å². The molecule has 1 aromatic rings. The second-order valence-electron chi connectivity index (χ2n) is 2.97. The van der Waals surface area contributed by atoms with E-state index in [4.69, 9.17) is 4.74 Å². The summed E-state index contributed by atoms with van der Waals surface area (Å²) in [5.74, 6) is 0.213. The Kier molecular flexibility index (Phi) is 4.14. The summed E-state index contributed by atoms with van der Waals surface area (Å²) in [6, 6.07) is 4.36. The van der Waals surface area contributed by atoms with Crippen molar-refractivity contribution in [2.45, 2.75) is 13.3 Å². The number of benzene rings is 1. The van der Waals surface area contributed by atoms with Gasteiger partial charge in [-0.1, -0.05) is 13.5 Å². The van der Waals surface area contributed by atoms with E-state index in [0.29, 0.717) is 12.4 Å². The Labute approximate surface area is 91.7 Å². The molecule has 0 aliphatic rings. The summed E-state index contributed by atoms with van der Waals surface area (Å²) in [4.78, 5) is 0. The summed E-state index contributed by atoms with van der Waals surface area (Å²) in [6.45, 7) is 6.24. The molecule has 1 rings (SSSR count). The van der Waals surface area contributed by atoms with Crippen LogP contribution in [0, 0.1) is 5.82 Å². The largest absolute Gasteiger partial charge is 0.488 e. The smallest absolute Gasteiger partial charge is 0.136 e. The van der Waals surface area contributed by atoms with Gasteiger partial charge in [0.25, 0.3) is 0 Å². The molecule has 0 saturated heterocycles. The van der Waals surface area contributed by atoms with Crippen LogP contribution in [0.3, 0.4) is 0 Å². The highest BCUT2D eigenvalue weighted by Gasteiger charge is 2.02. The van der Waals surface area contributed by atoms with E-state index < -0.39 is 0 Å². The maximum absolute atomic E-state index is 12.8. The predicted molar refractivity (Wildman–Crippen MR) is 59.0 cm³/mol. The molecule has 3 heteroatoms. The van der Waals surface area contributed by atoms with E-state index in [0.717, 1.165) is 16.5 Å². The molecular formula is C11H12BrFO. The first-order valence-corrected chi connectivity index (χ1v) is 5.17. The van der Waals surface area contributed by atoms with Crippen LogP contribution in [0.1, 0.15) is 13.3 Å². The van der Waals surface area contributed by atoms with Gasteiger partial charge in [0, 0.05) is 6.07 Å². The van der Waals surface area contributed by atoms with E-state index in [2.05, 4.69) is 22.5 Å². The average Bonchev–Trinajstić information content (AvgIpc) is 2.19. The molecular weight excluding hydrogens is 247 g/mol. The quantitative estimate of drug-likeness (QED) is 0.744. The number of ether oxygens (including phenoxy) is 1. The van der Waals surface area contributed by atoms with Crippen LogP contribution >= 0.6 is 15.9 Å². The second-order valence-corrected chi connectivity index (χ2v) is 3.82. The molecule has 0 heterocycles. The second kappa shape index (κ2) is 5.15. The molecule has 0 aliphatic heterocycles. The number of rotatable bonds is 4. The van der Waals surface area contributed by atoms with Crippen LogP contribution in [-0.2, 0) is 0 Å². The highest BCUT2D eigenvalue weighted by Crippen LogP contribution is 2.25. The molecule has 0 spiro atoms. The standard InChI is InChI=1S/C11H12BrFO/c1-3-8(2)7-14-11-6-9(13)4-5-10(11)12/h4-6H,2-3,7H2,1H3. The van der Waals surface area contributed by atoms with Crippen LogP contribution in [0.15, 0.2) is 34.8 Å². The molecule has 1 aromatic carbocycles. The third-order valence-electron chi connectivity index (χ3n) is 1.83. The van der Waals surface area contributed by atoms with Crippen molar-refractivity contribution in [1.82, 2.24) is 0 Å². The molecule has 76 valence electrons. The first-order chi connectivity index (χ1) is 6.63. The summed E-state index contributed by atoms with van der Waals surface area (Å²) in [7, 11) is 0. The molecule has 0 aromatic heterocycles. The minimum atomic E-state index is -0.301. The Morgan fingerprint density at radius 2 is 2.29 bits per heavy atom. The van der Waals surface area contributed by atoms with Gasteiger partial charge in [-0.15, -0.1) is 0 Å². The molecule has 1 nitrogen and oxygen atoms in total. The minimum absolute atomic E-state index is 0.301. The maximum atomic E-state index is 12.8. The zero-order valence-corrected chi connectivity index (χ0v) is 9.60. The van der Waals surface area contributed by atoms with Crippen molar-refractivity contribution in [2.75, 3.05) is 6.61 Å². The lowest BCUT2D eigenvalue weighted by atomic mass is 10.2. The zero-order chi connectivity index (χ0) is 10.6. The summed E-state index contributed by atoms with van der Waals surface area (Å²) in [6.07, 6.45) is 0.868. The van der Waals surface area contributed by atoms with E-state index in [1.54, 1.807) is 6.07 Å². The third kappa shape index (κ3) is 3.14. The molecule has 0 unspecified atom stereocenters. The average molecular weight is 259 g/mol. The Morgan fingerprint density at radius 3 is 2.93 bits per heavy atom. The Morgan fingerprint density at radius 1 is 1.57 bits per heavy atom. The molecule has 0 bridgehead atoms. The van der Waals surface area contributed by atoms with E-state index in [1.807, 2.05) is 6.92 Å². The normalized spacial score (nSPS) is 9.93. The number of halogens is 2. The van der Waals surface area contributed by atoms with Crippen molar-refractivity contribution in [3.05, 3.63) is 40.6 Å². The van der Waals surface area contributed by atoms with Crippen molar-refractivity contribution < 1.29 is 9.13 Å². The highest BCUT2D eigenvalue weighted by atomic mass is 79.9. The van der Waals surface area contributed by atoms with Crippen LogP contribution in [-0.4, -0.2) is 6.61 Å². The lowest BCUT2D eigenvalue weighted by molar-refractivity contribution is 0.345. The van der Waals surface area contributed by atoms with Gasteiger partial charge < -0.3 is 4.74 Å². The van der Waals surface area contributed by atoms with Gasteiger partial charge in [0.1, 0.15) is 18.2 Å². The summed E-state index contributed by atoms with van der Waals surface area (Å²) in [5, 5.41) is 0. The summed E-state index contributed by atoms with van der Waals surface area (Å²) >= 11 is 3.28. The Hall–Kier alpha value is -0.830. The van der Waals surface area contributed by atoms with Gasteiger partial charge in [-0.05, 0) is 40.1 Å². The van der Waals surface area contributed by atoms with Crippen LogP contribution < -0.4 is 4.74 Å². The monoisotopic (exact) mass is 258 g/mol. The van der Waals surface area contributed by atoms with Crippen LogP contribution in [0.2, 0.25) is 0 Å². The SMILES string of the molecule is C=C(CC)COc1cc(F)ccc1Br. The van der Waals surface area contributed by atoms with Crippen molar-refractivity contribution >= 4 is 15.9 Å². The molecule has 0 amide bonds. The fourth-order valence-corrected chi connectivity index (χ4v) is 1.23. The van der Waals surface area contributed by atoms with Gasteiger partial charge in [0.05, 0.1) is 4.47 Å². The van der Waals surface area contributed by atoms with Crippen LogP contribution in [0.25, 0.3) is 0 Å². The topological polar surface area (TPSA) is 9.23 Å². The van der Waals surface area contributed by atoms with E-state index in [-0.39, 0.29) is 5.82 Å². The van der Waals surface area contributed by atoms with Gasteiger partial charge in [0.15, 0.2) is 0 Å². The maximum Gasteiger partial charge on any atom is 0.136 e. The number of hydrogen-bond donors (Lipinski definition) is 0. The summed E-state index contributed by atoms with van der Waals surface area (Å²) < 4.78 is 19.0. The molecule has 0 radical (unpaired) electrons. The van der Waals surface area contributed by atoms with E-state index >= 15 is 0 Å². The molecule has 0 aliphatic carbocycles. The van der Waals surface area contributed by atoms with Gasteiger partial charge >= 0.3 is 0 Å². The van der Waals surface area contributed by atoms with Gasteiger partial charge in [-0.2, -0.15) is 0 Å². The molecule has 0 N–H and O–H groups in total. The van der Waals surface area contributed by atoms with E-state index in [9.17, 15) is 4.39 Å². The molecule has 0 atom stereocenters. The van der Waals surface area contributed by atoms with Crippen LogP contribution in [0.5, 0.6) is 5.75 Å². The van der Waals surface area contributed by atoms with Crippen molar-refractivity contribution in [3.63, 3.8) is 0 Å². The first-order valence-electron chi connectivity index (χ1n) is 4.38. The lowest BCUT2D eigenvalue weighted by Gasteiger charge is -2.08.